The summed E-state index contributed by atoms with van der Waals surface area (Å²) in [6.07, 6.45) is 0. The molecular formula is C13H17Cl2NO. The van der Waals surface area contributed by atoms with E-state index >= 15 is 0 Å². The Morgan fingerprint density at radius 3 is 2.41 bits per heavy atom. The first-order valence-corrected chi connectivity index (χ1v) is 6.51. The van der Waals surface area contributed by atoms with Crippen LogP contribution < -0.4 is 0 Å². The van der Waals surface area contributed by atoms with Gasteiger partial charge in [0.15, 0.2) is 0 Å². The van der Waals surface area contributed by atoms with E-state index in [1.54, 1.807) is 11.0 Å². The van der Waals surface area contributed by atoms with Crippen molar-refractivity contribution in [2.75, 3.05) is 13.1 Å². The maximum atomic E-state index is 12.1. The summed E-state index contributed by atoms with van der Waals surface area (Å²) in [5, 5.41) is -0.0199. The predicted molar refractivity (Wildman–Crippen MR) is 72.7 cm³/mol. The van der Waals surface area contributed by atoms with Gasteiger partial charge in [-0.1, -0.05) is 23.7 Å². The molecule has 1 amide bonds. The SMILES string of the molecule is CCN(CC)C(=O)C(Cl)c1ccc(C)c(Cl)c1. The Morgan fingerprint density at radius 1 is 1.35 bits per heavy atom. The van der Waals surface area contributed by atoms with Gasteiger partial charge in [0.25, 0.3) is 0 Å². The monoisotopic (exact) mass is 273 g/mol. The minimum absolute atomic E-state index is 0.0726. The highest BCUT2D eigenvalue weighted by molar-refractivity contribution is 6.33. The standard InChI is InChI=1S/C13H17Cl2NO/c1-4-16(5-2)13(17)12(15)10-7-6-9(3)11(14)8-10/h6-8,12H,4-5H2,1-3H3. The summed E-state index contributed by atoms with van der Waals surface area (Å²) in [5.41, 5.74) is 1.73. The molecule has 94 valence electrons. The molecule has 2 nitrogen and oxygen atoms in total. The second kappa shape index (κ2) is 6.27. The molecule has 0 saturated heterocycles. The molecule has 1 aromatic rings. The number of benzene rings is 1. The Kier molecular flexibility index (Phi) is 5.29. The van der Waals surface area contributed by atoms with E-state index in [2.05, 4.69) is 0 Å². The average molecular weight is 274 g/mol. The molecule has 0 fully saturated rings. The molecule has 17 heavy (non-hydrogen) atoms. The Hall–Kier alpha value is -0.730. The third kappa shape index (κ3) is 3.36. The smallest absolute Gasteiger partial charge is 0.245 e. The van der Waals surface area contributed by atoms with E-state index in [9.17, 15) is 4.79 Å². The van der Waals surface area contributed by atoms with E-state index in [0.717, 1.165) is 11.1 Å². The van der Waals surface area contributed by atoms with Gasteiger partial charge in [0, 0.05) is 18.1 Å². The van der Waals surface area contributed by atoms with Crippen molar-refractivity contribution in [3.05, 3.63) is 34.3 Å². The lowest BCUT2D eigenvalue weighted by molar-refractivity contribution is -0.130. The van der Waals surface area contributed by atoms with Gasteiger partial charge >= 0.3 is 0 Å². The summed E-state index contributed by atoms with van der Waals surface area (Å²) in [7, 11) is 0. The fourth-order valence-corrected chi connectivity index (χ4v) is 2.07. The largest absolute Gasteiger partial charge is 0.342 e. The second-order valence-corrected chi connectivity index (χ2v) is 4.73. The first-order valence-electron chi connectivity index (χ1n) is 5.70. The number of nitrogens with zero attached hydrogens (tertiary/aromatic N) is 1. The van der Waals surface area contributed by atoms with E-state index in [1.807, 2.05) is 32.9 Å². The third-order valence-corrected chi connectivity index (χ3v) is 3.63. The molecule has 0 bridgehead atoms. The normalized spacial score (nSPS) is 12.3. The van der Waals surface area contributed by atoms with E-state index in [1.165, 1.54) is 0 Å². The van der Waals surface area contributed by atoms with Crippen molar-refractivity contribution in [2.24, 2.45) is 0 Å². The van der Waals surface area contributed by atoms with Crippen molar-refractivity contribution >= 4 is 29.1 Å². The summed E-state index contributed by atoms with van der Waals surface area (Å²) in [6.45, 7) is 7.12. The van der Waals surface area contributed by atoms with Crippen molar-refractivity contribution < 1.29 is 4.79 Å². The number of carbonyl (C=O) groups is 1. The van der Waals surface area contributed by atoms with Crippen LogP contribution in [-0.4, -0.2) is 23.9 Å². The molecule has 0 radical (unpaired) electrons. The average Bonchev–Trinajstić information content (AvgIpc) is 2.33. The lowest BCUT2D eigenvalue weighted by atomic mass is 10.1. The van der Waals surface area contributed by atoms with Gasteiger partial charge in [-0.15, -0.1) is 11.6 Å². The molecule has 4 heteroatoms. The van der Waals surface area contributed by atoms with Crippen molar-refractivity contribution in [2.45, 2.75) is 26.1 Å². The zero-order chi connectivity index (χ0) is 13.0. The van der Waals surface area contributed by atoms with Gasteiger partial charge in [0.1, 0.15) is 5.38 Å². The van der Waals surface area contributed by atoms with Crippen LogP contribution in [0.15, 0.2) is 18.2 Å². The van der Waals surface area contributed by atoms with Crippen LogP contribution in [0.1, 0.15) is 30.4 Å². The van der Waals surface area contributed by atoms with Crippen LogP contribution in [0.5, 0.6) is 0 Å². The number of aryl methyl sites for hydroxylation is 1. The van der Waals surface area contributed by atoms with Crippen molar-refractivity contribution in [3.63, 3.8) is 0 Å². The molecule has 0 N–H and O–H groups in total. The highest BCUT2D eigenvalue weighted by Gasteiger charge is 2.22. The van der Waals surface area contributed by atoms with E-state index in [-0.39, 0.29) is 5.91 Å². The van der Waals surface area contributed by atoms with Crippen LogP contribution in [0.3, 0.4) is 0 Å². The van der Waals surface area contributed by atoms with Gasteiger partial charge in [-0.2, -0.15) is 0 Å². The number of alkyl halides is 1. The maximum Gasteiger partial charge on any atom is 0.245 e. The highest BCUT2D eigenvalue weighted by Crippen LogP contribution is 2.27. The molecule has 0 spiro atoms. The van der Waals surface area contributed by atoms with Gasteiger partial charge < -0.3 is 4.90 Å². The number of amides is 1. The van der Waals surface area contributed by atoms with Crippen LogP contribution in [0, 0.1) is 6.92 Å². The van der Waals surface area contributed by atoms with Gasteiger partial charge in [0.05, 0.1) is 0 Å². The fourth-order valence-electron chi connectivity index (χ4n) is 1.60. The second-order valence-electron chi connectivity index (χ2n) is 3.88. The molecule has 0 aliphatic rings. The highest BCUT2D eigenvalue weighted by atomic mass is 35.5. The summed E-state index contributed by atoms with van der Waals surface area (Å²) in [4.78, 5) is 13.8. The Balaban J connectivity index is 2.92. The minimum atomic E-state index is -0.659. The molecule has 1 aromatic carbocycles. The van der Waals surface area contributed by atoms with E-state index < -0.39 is 5.38 Å². The van der Waals surface area contributed by atoms with Gasteiger partial charge in [0.2, 0.25) is 5.91 Å². The van der Waals surface area contributed by atoms with Crippen molar-refractivity contribution in [1.29, 1.82) is 0 Å². The number of halogens is 2. The number of hydrogen-bond donors (Lipinski definition) is 0. The molecular weight excluding hydrogens is 257 g/mol. The molecule has 0 aliphatic carbocycles. The summed E-state index contributed by atoms with van der Waals surface area (Å²) in [5.74, 6) is -0.0726. The van der Waals surface area contributed by atoms with Crippen LogP contribution in [0.25, 0.3) is 0 Å². The number of hydrogen-bond acceptors (Lipinski definition) is 1. The molecule has 1 rings (SSSR count). The number of likely N-dealkylation sites (N-methyl/N-ethyl adjacent to an activating group) is 1. The predicted octanol–water partition coefficient (Wildman–Crippen LogP) is 3.80. The maximum absolute atomic E-state index is 12.1. The van der Waals surface area contributed by atoms with Crippen molar-refractivity contribution in [3.8, 4) is 0 Å². The van der Waals surface area contributed by atoms with Gasteiger partial charge in [-0.05, 0) is 38.0 Å². The van der Waals surface area contributed by atoms with Gasteiger partial charge in [-0.3, -0.25) is 4.79 Å². The van der Waals surface area contributed by atoms with Crippen molar-refractivity contribution in [1.82, 2.24) is 4.90 Å². The zero-order valence-corrected chi connectivity index (χ0v) is 11.8. The van der Waals surface area contributed by atoms with Gasteiger partial charge in [-0.25, -0.2) is 0 Å². The zero-order valence-electron chi connectivity index (χ0n) is 10.3. The van der Waals surface area contributed by atoms with Crippen LogP contribution >= 0.6 is 23.2 Å². The summed E-state index contributed by atoms with van der Waals surface area (Å²) in [6, 6.07) is 5.48. The lowest BCUT2D eigenvalue weighted by Gasteiger charge is -2.22. The number of rotatable bonds is 4. The molecule has 1 atom stereocenters. The topological polar surface area (TPSA) is 20.3 Å². The minimum Gasteiger partial charge on any atom is -0.342 e. The molecule has 1 unspecified atom stereocenters. The Morgan fingerprint density at radius 2 is 1.94 bits per heavy atom. The van der Waals surface area contributed by atoms with Crippen LogP contribution in [0.4, 0.5) is 0 Å². The summed E-state index contributed by atoms with van der Waals surface area (Å²) >= 11 is 12.2. The molecule has 0 heterocycles. The van der Waals surface area contributed by atoms with Crippen LogP contribution in [0.2, 0.25) is 5.02 Å². The summed E-state index contributed by atoms with van der Waals surface area (Å²) < 4.78 is 0. The quantitative estimate of drug-likeness (QED) is 0.765. The molecule has 0 saturated carbocycles. The Bertz CT molecular complexity index is 402. The third-order valence-electron chi connectivity index (χ3n) is 2.78. The number of carbonyl (C=O) groups excluding carboxylic acids is 1. The van der Waals surface area contributed by atoms with E-state index in [0.29, 0.717) is 18.1 Å². The lowest BCUT2D eigenvalue weighted by Crippen LogP contribution is -2.33. The first kappa shape index (κ1) is 14.3. The fraction of sp³-hybridized carbons (Fsp3) is 0.462. The molecule has 0 aromatic heterocycles. The van der Waals surface area contributed by atoms with Crippen LogP contribution in [-0.2, 0) is 4.79 Å². The Labute approximate surface area is 113 Å². The first-order chi connectivity index (χ1) is 8.01. The molecule has 0 aliphatic heterocycles. The van der Waals surface area contributed by atoms with E-state index in [4.69, 9.17) is 23.2 Å².